The first-order valence-electron chi connectivity index (χ1n) is 13.2. The third-order valence-corrected chi connectivity index (χ3v) is 6.92. The first-order valence-corrected chi connectivity index (χ1v) is 13.2. The molecule has 2 fully saturated rings. The molecule has 11 heteroatoms. The van der Waals surface area contributed by atoms with Crippen molar-refractivity contribution in [3.05, 3.63) is 48.2 Å². The van der Waals surface area contributed by atoms with Crippen LogP contribution in [-0.2, 0) is 4.74 Å². The number of benzene rings is 1. The third kappa shape index (κ3) is 6.54. The van der Waals surface area contributed by atoms with Crippen molar-refractivity contribution in [3.63, 3.8) is 0 Å². The van der Waals surface area contributed by atoms with Crippen LogP contribution in [0.1, 0.15) is 18.4 Å². The van der Waals surface area contributed by atoms with E-state index in [2.05, 4.69) is 36.1 Å². The number of nitrogens with zero attached hydrogens (tertiary/aromatic N) is 6. The molecule has 2 aliphatic heterocycles. The maximum atomic E-state index is 9.74. The molecule has 5 rings (SSSR count). The Morgan fingerprint density at radius 2 is 1.92 bits per heavy atom. The molecular weight excluding hydrogens is 498 g/mol. The van der Waals surface area contributed by atoms with E-state index in [1.54, 1.807) is 25.4 Å². The van der Waals surface area contributed by atoms with Gasteiger partial charge in [-0.3, -0.25) is 4.90 Å². The molecule has 39 heavy (non-hydrogen) atoms. The summed E-state index contributed by atoms with van der Waals surface area (Å²) in [6.45, 7) is 5.63. The molecule has 0 spiro atoms. The number of aliphatic hydroxyl groups is 1. The minimum atomic E-state index is 0.0540. The highest BCUT2D eigenvalue weighted by Crippen LogP contribution is 2.31. The molecule has 11 nitrogen and oxygen atoms in total. The van der Waals surface area contributed by atoms with Crippen molar-refractivity contribution in [1.82, 2.24) is 19.9 Å². The Morgan fingerprint density at radius 3 is 2.67 bits per heavy atom. The smallest absolute Gasteiger partial charge is 0.239 e. The van der Waals surface area contributed by atoms with Crippen molar-refractivity contribution in [1.29, 1.82) is 5.26 Å². The van der Waals surface area contributed by atoms with Gasteiger partial charge >= 0.3 is 0 Å². The van der Waals surface area contributed by atoms with E-state index in [4.69, 9.17) is 14.2 Å². The van der Waals surface area contributed by atoms with E-state index < -0.39 is 0 Å². The molecule has 0 aliphatic carbocycles. The Kier molecular flexibility index (Phi) is 8.68. The molecule has 0 radical (unpaired) electrons. The molecule has 2 saturated heterocycles. The van der Waals surface area contributed by atoms with E-state index >= 15 is 0 Å². The number of nitrogens with one attached hydrogen (secondary N) is 1. The summed E-state index contributed by atoms with van der Waals surface area (Å²) >= 11 is 0. The summed E-state index contributed by atoms with van der Waals surface area (Å²) < 4.78 is 17.1. The van der Waals surface area contributed by atoms with Gasteiger partial charge in [0.1, 0.15) is 29.4 Å². The Hall–Kier alpha value is -3.98. The Balaban J connectivity index is 1.29. The number of methoxy groups -OCH3 is 1. The summed E-state index contributed by atoms with van der Waals surface area (Å²) in [7, 11) is 1.61. The number of β-amino-alcohol motifs (C(OH)–C–C–N with tert-alkyl or cyclic N) is 1. The molecule has 2 aromatic heterocycles. The highest BCUT2D eigenvalue weighted by atomic mass is 16.5. The van der Waals surface area contributed by atoms with Crippen LogP contribution in [0.2, 0.25) is 0 Å². The largest absolute Gasteiger partial charge is 0.489 e. The molecule has 4 heterocycles. The minimum absolute atomic E-state index is 0.0540. The lowest BCUT2D eigenvalue weighted by molar-refractivity contribution is 0.0254. The zero-order chi connectivity index (χ0) is 27.0. The van der Waals surface area contributed by atoms with E-state index in [1.807, 2.05) is 24.3 Å². The van der Waals surface area contributed by atoms with Crippen LogP contribution in [0, 0.1) is 11.3 Å². The maximum absolute atomic E-state index is 9.74. The van der Waals surface area contributed by atoms with Gasteiger partial charge in [0, 0.05) is 57.3 Å². The lowest BCUT2D eigenvalue weighted by Crippen LogP contribution is -2.47. The van der Waals surface area contributed by atoms with Gasteiger partial charge in [0.25, 0.3) is 0 Å². The van der Waals surface area contributed by atoms with E-state index in [0.29, 0.717) is 54.4 Å². The van der Waals surface area contributed by atoms with Gasteiger partial charge in [0.05, 0.1) is 38.2 Å². The predicted octanol–water partition coefficient (Wildman–Crippen LogP) is 2.83. The van der Waals surface area contributed by atoms with E-state index in [0.717, 1.165) is 50.3 Å². The predicted molar refractivity (Wildman–Crippen MR) is 146 cm³/mol. The zero-order valence-electron chi connectivity index (χ0n) is 22.0. The topological polar surface area (TPSA) is 129 Å². The average Bonchev–Trinajstić information content (AvgIpc) is 2.98. The SMILES string of the molecule is COc1nc(Nc2nccc(-c3ccc(OC4CCOCC4)c(C#N)c3)n2)ccc1N1CCN(CCO)CC1. The maximum Gasteiger partial charge on any atom is 0.239 e. The Bertz CT molecular complexity index is 1300. The van der Waals surface area contributed by atoms with E-state index in [9.17, 15) is 10.4 Å². The second kappa shape index (κ2) is 12.7. The van der Waals surface area contributed by atoms with Gasteiger partial charge in [-0.15, -0.1) is 0 Å². The number of hydrogen-bond donors (Lipinski definition) is 2. The summed E-state index contributed by atoms with van der Waals surface area (Å²) in [5.74, 6) is 2.04. The minimum Gasteiger partial charge on any atom is -0.489 e. The molecular formula is C28H33N7O4. The number of aromatic nitrogens is 3. The summed E-state index contributed by atoms with van der Waals surface area (Å²) in [4.78, 5) is 18.1. The van der Waals surface area contributed by atoms with Gasteiger partial charge < -0.3 is 29.5 Å². The fourth-order valence-electron chi connectivity index (χ4n) is 4.79. The van der Waals surface area contributed by atoms with Crippen LogP contribution in [0.3, 0.4) is 0 Å². The normalized spacial score (nSPS) is 16.5. The second-order valence-corrected chi connectivity index (χ2v) is 9.42. The molecule has 0 amide bonds. The number of aliphatic hydroxyl groups excluding tert-OH is 1. The molecule has 2 N–H and O–H groups in total. The van der Waals surface area contributed by atoms with Crippen molar-refractivity contribution in [3.8, 4) is 29.0 Å². The van der Waals surface area contributed by atoms with Gasteiger partial charge in [0.15, 0.2) is 0 Å². The molecule has 2 aliphatic rings. The third-order valence-electron chi connectivity index (χ3n) is 6.92. The molecule has 0 unspecified atom stereocenters. The number of nitriles is 1. The second-order valence-electron chi connectivity index (χ2n) is 9.42. The summed E-state index contributed by atoms with van der Waals surface area (Å²) in [5, 5.41) is 22.1. The van der Waals surface area contributed by atoms with Crippen LogP contribution in [0.15, 0.2) is 42.6 Å². The van der Waals surface area contributed by atoms with Crippen LogP contribution < -0.4 is 19.7 Å². The van der Waals surface area contributed by atoms with Gasteiger partial charge in [0.2, 0.25) is 11.8 Å². The highest BCUT2D eigenvalue weighted by Gasteiger charge is 2.21. The van der Waals surface area contributed by atoms with Gasteiger partial charge in [-0.05, 0) is 36.4 Å². The van der Waals surface area contributed by atoms with E-state index in [-0.39, 0.29) is 12.7 Å². The number of pyridine rings is 1. The quantitative estimate of drug-likeness (QED) is 0.423. The Morgan fingerprint density at radius 1 is 1.10 bits per heavy atom. The lowest BCUT2D eigenvalue weighted by Gasteiger charge is -2.36. The number of anilines is 3. The fraction of sp³-hybridized carbons (Fsp3) is 0.429. The first kappa shape index (κ1) is 26.6. The van der Waals surface area contributed by atoms with Crippen molar-refractivity contribution < 1.29 is 19.3 Å². The number of rotatable bonds is 9. The van der Waals surface area contributed by atoms with Crippen molar-refractivity contribution >= 4 is 17.5 Å². The van der Waals surface area contributed by atoms with Crippen LogP contribution in [0.25, 0.3) is 11.3 Å². The monoisotopic (exact) mass is 531 g/mol. The molecule has 0 saturated carbocycles. The average molecular weight is 532 g/mol. The molecule has 3 aromatic rings. The summed E-state index contributed by atoms with van der Waals surface area (Å²) in [5.41, 5.74) is 2.85. The summed E-state index contributed by atoms with van der Waals surface area (Å²) in [6.07, 6.45) is 3.35. The molecule has 0 atom stereocenters. The highest BCUT2D eigenvalue weighted by molar-refractivity contribution is 5.66. The van der Waals surface area contributed by atoms with Crippen LogP contribution >= 0.6 is 0 Å². The number of piperazine rings is 1. The van der Waals surface area contributed by atoms with Crippen LogP contribution in [0.4, 0.5) is 17.5 Å². The molecule has 204 valence electrons. The van der Waals surface area contributed by atoms with Crippen LogP contribution in [0.5, 0.6) is 11.6 Å². The Labute approximate surface area is 228 Å². The van der Waals surface area contributed by atoms with Crippen LogP contribution in [-0.4, -0.2) is 90.7 Å². The van der Waals surface area contributed by atoms with Crippen molar-refractivity contribution in [2.75, 3.05) is 69.9 Å². The first-order chi connectivity index (χ1) is 19.2. The van der Waals surface area contributed by atoms with Gasteiger partial charge in [-0.1, -0.05) is 0 Å². The summed E-state index contributed by atoms with van der Waals surface area (Å²) in [6, 6.07) is 13.4. The van der Waals surface area contributed by atoms with Crippen molar-refractivity contribution in [2.24, 2.45) is 0 Å². The number of ether oxygens (including phenoxy) is 3. The number of hydrogen-bond acceptors (Lipinski definition) is 11. The lowest BCUT2D eigenvalue weighted by atomic mass is 10.1. The standard InChI is InChI=1S/C28H33N7O4/c1-37-27-24(35-12-10-34(11-13-35)14-15-36)3-5-26(32-27)33-28-30-9-6-23(31-28)20-2-4-25(21(18-20)19-29)39-22-7-16-38-17-8-22/h2-6,9,18,22,36H,7-8,10-17H2,1H3,(H,30,31,32,33). The van der Waals surface area contributed by atoms with Gasteiger partial charge in [-0.25, -0.2) is 9.97 Å². The zero-order valence-corrected chi connectivity index (χ0v) is 22.0. The molecule has 1 aromatic carbocycles. The molecule has 0 bridgehead atoms. The van der Waals surface area contributed by atoms with Gasteiger partial charge in [-0.2, -0.15) is 10.2 Å². The fourth-order valence-corrected chi connectivity index (χ4v) is 4.79. The van der Waals surface area contributed by atoms with E-state index in [1.165, 1.54) is 0 Å². The van der Waals surface area contributed by atoms with Crippen molar-refractivity contribution in [2.45, 2.75) is 18.9 Å².